The maximum Gasteiger partial charge on any atom is 0.0561 e. The Kier molecular flexibility index (Phi) is 5.87. The van der Waals surface area contributed by atoms with Crippen molar-refractivity contribution in [3.05, 3.63) is 64.7 Å². The van der Waals surface area contributed by atoms with Crippen molar-refractivity contribution in [2.24, 2.45) is 11.0 Å². The first-order valence-corrected chi connectivity index (χ1v) is 9.28. The van der Waals surface area contributed by atoms with Crippen LogP contribution in [0.15, 0.2) is 47.6 Å². The lowest BCUT2D eigenvalue weighted by Crippen LogP contribution is -2.32. The zero-order valence-electron chi connectivity index (χ0n) is 15.6. The third-order valence-corrected chi connectivity index (χ3v) is 5.14. The van der Waals surface area contributed by atoms with Gasteiger partial charge in [0, 0.05) is 6.54 Å². The normalized spacial score (nSPS) is 16.4. The van der Waals surface area contributed by atoms with Gasteiger partial charge in [-0.25, -0.2) is 0 Å². The first-order valence-electron chi connectivity index (χ1n) is 9.28. The Balaban J connectivity index is 1.71. The zero-order chi connectivity index (χ0) is 17.6. The minimum Gasteiger partial charge on any atom is -0.299 e. The molecule has 1 aliphatic heterocycles. The van der Waals surface area contributed by atoms with Gasteiger partial charge >= 0.3 is 0 Å². The number of para-hydroxylation sites is 1. The molecule has 0 saturated carbocycles. The highest BCUT2D eigenvalue weighted by atomic mass is 15.3. The van der Waals surface area contributed by atoms with E-state index in [1.54, 1.807) is 0 Å². The number of rotatable bonds is 5. The van der Waals surface area contributed by atoms with Crippen LogP contribution in [0.3, 0.4) is 0 Å². The van der Waals surface area contributed by atoms with Gasteiger partial charge in [0.15, 0.2) is 0 Å². The van der Waals surface area contributed by atoms with Crippen molar-refractivity contribution in [1.82, 2.24) is 4.90 Å². The topological polar surface area (TPSA) is 27.6 Å². The Labute approximate surface area is 151 Å². The highest BCUT2D eigenvalue weighted by molar-refractivity contribution is 5.83. The predicted octanol–water partition coefficient (Wildman–Crippen LogP) is 4.98. The van der Waals surface area contributed by atoms with Crippen molar-refractivity contribution >= 4 is 11.9 Å². The molecule has 0 bridgehead atoms. The van der Waals surface area contributed by atoms with Crippen LogP contribution in [0.1, 0.15) is 42.0 Å². The predicted molar refractivity (Wildman–Crippen MR) is 107 cm³/mol. The van der Waals surface area contributed by atoms with Gasteiger partial charge < -0.3 is 0 Å². The fraction of sp³-hybridized carbons (Fsp3) is 0.409. The SMILES string of the molecule is Cc1cc(C=NNc2ccccc2)c(C)c(CN2CCC(C)CC2)c1. The van der Waals surface area contributed by atoms with E-state index in [0.717, 1.165) is 18.2 Å². The number of nitrogens with zero attached hydrogens (tertiary/aromatic N) is 2. The van der Waals surface area contributed by atoms with E-state index < -0.39 is 0 Å². The van der Waals surface area contributed by atoms with Crippen LogP contribution >= 0.6 is 0 Å². The van der Waals surface area contributed by atoms with Gasteiger partial charge in [0.05, 0.1) is 11.9 Å². The van der Waals surface area contributed by atoms with Gasteiger partial charge in [-0.05, 0) is 74.5 Å². The molecule has 1 N–H and O–H groups in total. The molecule has 0 unspecified atom stereocenters. The van der Waals surface area contributed by atoms with E-state index in [-0.39, 0.29) is 0 Å². The smallest absolute Gasteiger partial charge is 0.0561 e. The van der Waals surface area contributed by atoms with Gasteiger partial charge in [0.2, 0.25) is 0 Å². The lowest BCUT2D eigenvalue weighted by atomic mass is 9.96. The lowest BCUT2D eigenvalue weighted by molar-refractivity contribution is 0.185. The summed E-state index contributed by atoms with van der Waals surface area (Å²) >= 11 is 0. The number of piperidine rings is 1. The first-order chi connectivity index (χ1) is 12.1. The standard InChI is InChI=1S/C22H29N3/c1-17-9-11-25(12-10-17)16-21-14-18(2)13-20(19(21)3)15-23-24-22-7-5-4-6-8-22/h4-8,13-15,17,24H,9-12,16H2,1-3H3. The Hall–Kier alpha value is -2.13. The average Bonchev–Trinajstić information content (AvgIpc) is 2.61. The summed E-state index contributed by atoms with van der Waals surface area (Å²) in [5.74, 6) is 0.876. The molecule has 0 atom stereocenters. The van der Waals surface area contributed by atoms with E-state index in [0.29, 0.717) is 0 Å². The molecule has 25 heavy (non-hydrogen) atoms. The largest absolute Gasteiger partial charge is 0.299 e. The Morgan fingerprint density at radius 2 is 1.84 bits per heavy atom. The fourth-order valence-electron chi connectivity index (χ4n) is 3.41. The Morgan fingerprint density at radius 1 is 1.12 bits per heavy atom. The number of aryl methyl sites for hydroxylation is 1. The number of likely N-dealkylation sites (tertiary alicyclic amines) is 1. The van der Waals surface area contributed by atoms with Gasteiger partial charge in [-0.15, -0.1) is 0 Å². The molecule has 0 aromatic heterocycles. The van der Waals surface area contributed by atoms with Crippen molar-refractivity contribution in [3.8, 4) is 0 Å². The molecular formula is C22H29N3. The molecule has 132 valence electrons. The molecule has 3 rings (SSSR count). The van der Waals surface area contributed by atoms with E-state index in [1.165, 1.54) is 48.2 Å². The molecule has 1 fully saturated rings. The van der Waals surface area contributed by atoms with Crippen molar-refractivity contribution < 1.29 is 0 Å². The highest BCUT2D eigenvalue weighted by Gasteiger charge is 2.17. The Morgan fingerprint density at radius 3 is 2.56 bits per heavy atom. The summed E-state index contributed by atoms with van der Waals surface area (Å²) in [4.78, 5) is 2.59. The maximum absolute atomic E-state index is 4.42. The van der Waals surface area contributed by atoms with Crippen LogP contribution in [-0.4, -0.2) is 24.2 Å². The molecular weight excluding hydrogens is 306 g/mol. The number of hydrogen-bond donors (Lipinski definition) is 1. The first kappa shape index (κ1) is 17.7. The molecule has 2 aromatic carbocycles. The number of benzene rings is 2. The van der Waals surface area contributed by atoms with E-state index in [1.807, 2.05) is 36.5 Å². The summed E-state index contributed by atoms with van der Waals surface area (Å²) in [5, 5.41) is 4.42. The van der Waals surface area contributed by atoms with Gasteiger partial charge in [-0.2, -0.15) is 5.10 Å². The molecule has 2 aromatic rings. The zero-order valence-corrected chi connectivity index (χ0v) is 15.6. The molecule has 0 spiro atoms. The molecule has 1 saturated heterocycles. The molecule has 3 nitrogen and oxygen atoms in total. The summed E-state index contributed by atoms with van der Waals surface area (Å²) in [6.45, 7) is 10.2. The second-order valence-corrected chi connectivity index (χ2v) is 7.33. The van der Waals surface area contributed by atoms with Crippen molar-refractivity contribution in [1.29, 1.82) is 0 Å². The third kappa shape index (κ3) is 4.93. The molecule has 0 aliphatic carbocycles. The monoisotopic (exact) mass is 335 g/mol. The maximum atomic E-state index is 4.42. The molecule has 1 heterocycles. The third-order valence-electron chi connectivity index (χ3n) is 5.14. The van der Waals surface area contributed by atoms with E-state index >= 15 is 0 Å². The van der Waals surface area contributed by atoms with Crippen LogP contribution in [0.5, 0.6) is 0 Å². The highest BCUT2D eigenvalue weighted by Crippen LogP contribution is 2.22. The summed E-state index contributed by atoms with van der Waals surface area (Å²) < 4.78 is 0. The Bertz CT molecular complexity index is 714. The number of hydrogen-bond acceptors (Lipinski definition) is 3. The van der Waals surface area contributed by atoms with Gasteiger partial charge in [0.25, 0.3) is 0 Å². The molecule has 0 amide bonds. The van der Waals surface area contributed by atoms with E-state index in [2.05, 4.69) is 48.3 Å². The fourth-order valence-corrected chi connectivity index (χ4v) is 3.41. The number of anilines is 1. The minimum atomic E-state index is 0.876. The van der Waals surface area contributed by atoms with Gasteiger partial charge in [0.1, 0.15) is 0 Å². The summed E-state index contributed by atoms with van der Waals surface area (Å²) in [7, 11) is 0. The van der Waals surface area contributed by atoms with E-state index in [9.17, 15) is 0 Å². The quantitative estimate of drug-likeness (QED) is 0.616. The van der Waals surface area contributed by atoms with Gasteiger partial charge in [-0.1, -0.05) is 42.8 Å². The van der Waals surface area contributed by atoms with Gasteiger partial charge in [-0.3, -0.25) is 10.3 Å². The number of nitrogens with one attached hydrogen (secondary N) is 1. The van der Waals surface area contributed by atoms with Crippen LogP contribution < -0.4 is 5.43 Å². The van der Waals surface area contributed by atoms with Crippen LogP contribution in [0.4, 0.5) is 5.69 Å². The van der Waals surface area contributed by atoms with Crippen molar-refractivity contribution in [3.63, 3.8) is 0 Å². The van der Waals surface area contributed by atoms with Crippen molar-refractivity contribution in [2.75, 3.05) is 18.5 Å². The van der Waals surface area contributed by atoms with E-state index in [4.69, 9.17) is 0 Å². The van der Waals surface area contributed by atoms with Crippen LogP contribution in [-0.2, 0) is 6.54 Å². The minimum absolute atomic E-state index is 0.876. The summed E-state index contributed by atoms with van der Waals surface area (Å²) in [5.41, 5.74) is 9.37. The van der Waals surface area contributed by atoms with Crippen LogP contribution in [0.2, 0.25) is 0 Å². The second-order valence-electron chi connectivity index (χ2n) is 7.33. The molecule has 1 aliphatic rings. The lowest BCUT2D eigenvalue weighted by Gasteiger charge is -2.30. The van der Waals surface area contributed by atoms with Crippen molar-refractivity contribution in [2.45, 2.75) is 40.2 Å². The second kappa shape index (κ2) is 8.30. The number of hydrazone groups is 1. The molecule has 3 heteroatoms. The summed E-state index contributed by atoms with van der Waals surface area (Å²) in [6.07, 6.45) is 4.58. The average molecular weight is 335 g/mol. The summed E-state index contributed by atoms with van der Waals surface area (Å²) in [6, 6.07) is 14.6. The molecule has 0 radical (unpaired) electrons. The van der Waals surface area contributed by atoms with Crippen LogP contribution in [0.25, 0.3) is 0 Å². The van der Waals surface area contributed by atoms with Crippen LogP contribution in [0, 0.1) is 19.8 Å².